The van der Waals surface area contributed by atoms with Gasteiger partial charge in [0.15, 0.2) is 0 Å². The molecule has 0 radical (unpaired) electrons. The van der Waals surface area contributed by atoms with Crippen LogP contribution < -0.4 is 16.0 Å². The van der Waals surface area contributed by atoms with E-state index in [1.165, 1.54) is 16.8 Å². The van der Waals surface area contributed by atoms with E-state index in [1.807, 2.05) is 0 Å². The van der Waals surface area contributed by atoms with Gasteiger partial charge in [0.25, 0.3) is 0 Å². The quantitative estimate of drug-likeness (QED) is 0.781. The van der Waals surface area contributed by atoms with Gasteiger partial charge in [-0.15, -0.1) is 0 Å². The molecular formula is C13H21N3. The van der Waals surface area contributed by atoms with Crippen LogP contribution >= 0.6 is 0 Å². The number of piperazine rings is 1. The minimum atomic E-state index is 0.425. The molecule has 1 aromatic carbocycles. The normalized spacial score (nSPS) is 21.2. The van der Waals surface area contributed by atoms with Crippen LogP contribution in [0.3, 0.4) is 0 Å². The molecule has 1 aliphatic heterocycles. The highest BCUT2D eigenvalue weighted by atomic mass is 15.2. The zero-order valence-electron chi connectivity index (χ0n) is 10.2. The van der Waals surface area contributed by atoms with Gasteiger partial charge in [-0.25, -0.2) is 0 Å². The molecule has 0 aliphatic carbocycles. The van der Waals surface area contributed by atoms with E-state index in [1.54, 1.807) is 0 Å². The Morgan fingerprint density at radius 2 is 2.25 bits per heavy atom. The third-order valence-corrected chi connectivity index (χ3v) is 3.46. The van der Waals surface area contributed by atoms with Crippen LogP contribution in [0, 0.1) is 13.8 Å². The maximum atomic E-state index is 5.72. The van der Waals surface area contributed by atoms with Gasteiger partial charge in [-0.2, -0.15) is 0 Å². The van der Waals surface area contributed by atoms with Crippen molar-refractivity contribution in [3.05, 3.63) is 29.3 Å². The van der Waals surface area contributed by atoms with Gasteiger partial charge >= 0.3 is 0 Å². The topological polar surface area (TPSA) is 41.3 Å². The Kier molecular flexibility index (Phi) is 3.46. The number of hydrogen-bond acceptors (Lipinski definition) is 3. The van der Waals surface area contributed by atoms with E-state index in [2.05, 4.69) is 42.3 Å². The third kappa shape index (κ3) is 2.20. The Morgan fingerprint density at radius 3 is 3.00 bits per heavy atom. The largest absolute Gasteiger partial charge is 0.368 e. The van der Waals surface area contributed by atoms with Crippen molar-refractivity contribution in [2.45, 2.75) is 19.9 Å². The van der Waals surface area contributed by atoms with Crippen molar-refractivity contribution in [2.24, 2.45) is 5.73 Å². The van der Waals surface area contributed by atoms with Gasteiger partial charge in [0.05, 0.1) is 0 Å². The molecule has 0 saturated carbocycles. The minimum absolute atomic E-state index is 0.425. The zero-order valence-corrected chi connectivity index (χ0v) is 10.2. The first-order chi connectivity index (χ1) is 7.72. The number of nitrogens with zero attached hydrogens (tertiary/aromatic N) is 1. The van der Waals surface area contributed by atoms with Crippen LogP contribution in [0.25, 0.3) is 0 Å². The fraction of sp³-hybridized carbons (Fsp3) is 0.538. The summed E-state index contributed by atoms with van der Waals surface area (Å²) in [6, 6.07) is 6.94. The highest BCUT2D eigenvalue weighted by Gasteiger charge is 2.19. The van der Waals surface area contributed by atoms with Crippen LogP contribution in [-0.4, -0.2) is 32.2 Å². The lowest BCUT2D eigenvalue weighted by atomic mass is 10.1. The smallest absolute Gasteiger partial charge is 0.0399 e. The molecule has 1 heterocycles. The Morgan fingerprint density at radius 1 is 1.44 bits per heavy atom. The highest BCUT2D eigenvalue weighted by molar-refractivity contribution is 5.56. The summed E-state index contributed by atoms with van der Waals surface area (Å²) in [7, 11) is 0. The Bertz CT molecular complexity index is 362. The van der Waals surface area contributed by atoms with Gasteiger partial charge in [-0.05, 0) is 31.0 Å². The molecular weight excluding hydrogens is 198 g/mol. The van der Waals surface area contributed by atoms with Gasteiger partial charge < -0.3 is 16.0 Å². The predicted octanol–water partition coefficient (Wildman–Crippen LogP) is 1.04. The number of benzene rings is 1. The van der Waals surface area contributed by atoms with Crippen LogP contribution in [0.2, 0.25) is 0 Å². The second kappa shape index (κ2) is 4.85. The molecule has 1 aliphatic rings. The van der Waals surface area contributed by atoms with Crippen LogP contribution in [-0.2, 0) is 0 Å². The summed E-state index contributed by atoms with van der Waals surface area (Å²) in [4.78, 5) is 2.44. The van der Waals surface area contributed by atoms with Crippen molar-refractivity contribution < 1.29 is 0 Å². The van der Waals surface area contributed by atoms with E-state index in [0.29, 0.717) is 12.6 Å². The maximum Gasteiger partial charge on any atom is 0.0399 e. The van der Waals surface area contributed by atoms with E-state index in [4.69, 9.17) is 5.73 Å². The minimum Gasteiger partial charge on any atom is -0.368 e. The van der Waals surface area contributed by atoms with Gasteiger partial charge in [0.2, 0.25) is 0 Å². The Hall–Kier alpha value is -1.06. The fourth-order valence-corrected chi connectivity index (χ4v) is 2.28. The standard InChI is InChI=1S/C13H21N3/c1-10-4-3-5-13(11(10)2)16-7-6-15-12(8-14)9-16/h3-5,12,15H,6-9,14H2,1-2H3. The molecule has 1 atom stereocenters. The second-order valence-corrected chi connectivity index (χ2v) is 4.55. The van der Waals surface area contributed by atoms with Crippen molar-refractivity contribution in [2.75, 3.05) is 31.1 Å². The van der Waals surface area contributed by atoms with Crippen molar-refractivity contribution in [1.29, 1.82) is 0 Å². The van der Waals surface area contributed by atoms with Crippen LogP contribution in [0.1, 0.15) is 11.1 Å². The van der Waals surface area contributed by atoms with Crippen molar-refractivity contribution in [1.82, 2.24) is 5.32 Å². The summed E-state index contributed by atoms with van der Waals surface area (Å²) >= 11 is 0. The molecule has 1 unspecified atom stereocenters. The van der Waals surface area contributed by atoms with E-state index in [-0.39, 0.29) is 0 Å². The van der Waals surface area contributed by atoms with Crippen molar-refractivity contribution >= 4 is 5.69 Å². The molecule has 3 heteroatoms. The SMILES string of the molecule is Cc1cccc(N2CCNC(CN)C2)c1C. The molecule has 3 nitrogen and oxygen atoms in total. The van der Waals surface area contributed by atoms with Crippen molar-refractivity contribution in [3.8, 4) is 0 Å². The first-order valence-electron chi connectivity index (χ1n) is 5.97. The Labute approximate surface area is 97.6 Å². The first-order valence-corrected chi connectivity index (χ1v) is 5.97. The molecule has 1 saturated heterocycles. The first kappa shape index (κ1) is 11.4. The molecule has 3 N–H and O–H groups in total. The monoisotopic (exact) mass is 219 g/mol. The summed E-state index contributed by atoms with van der Waals surface area (Å²) in [5.41, 5.74) is 9.83. The number of rotatable bonds is 2. The molecule has 88 valence electrons. The van der Waals surface area contributed by atoms with Crippen LogP contribution in [0.5, 0.6) is 0 Å². The van der Waals surface area contributed by atoms with E-state index in [9.17, 15) is 0 Å². The molecule has 16 heavy (non-hydrogen) atoms. The number of aryl methyl sites for hydroxylation is 1. The third-order valence-electron chi connectivity index (χ3n) is 3.46. The average molecular weight is 219 g/mol. The molecule has 0 spiro atoms. The van der Waals surface area contributed by atoms with Crippen molar-refractivity contribution in [3.63, 3.8) is 0 Å². The summed E-state index contributed by atoms with van der Waals surface area (Å²) in [6.45, 7) is 8.18. The summed E-state index contributed by atoms with van der Waals surface area (Å²) in [5, 5.41) is 3.44. The zero-order chi connectivity index (χ0) is 11.5. The van der Waals surface area contributed by atoms with E-state index < -0.39 is 0 Å². The summed E-state index contributed by atoms with van der Waals surface area (Å²) in [6.07, 6.45) is 0. The van der Waals surface area contributed by atoms with E-state index >= 15 is 0 Å². The van der Waals surface area contributed by atoms with Crippen LogP contribution in [0.4, 0.5) is 5.69 Å². The lowest BCUT2D eigenvalue weighted by Gasteiger charge is -2.35. The second-order valence-electron chi connectivity index (χ2n) is 4.55. The van der Waals surface area contributed by atoms with Gasteiger partial charge in [-0.1, -0.05) is 12.1 Å². The average Bonchev–Trinajstić information content (AvgIpc) is 2.33. The lowest BCUT2D eigenvalue weighted by Crippen LogP contribution is -2.53. The molecule has 1 fully saturated rings. The van der Waals surface area contributed by atoms with Crippen LogP contribution in [0.15, 0.2) is 18.2 Å². The molecule has 2 rings (SSSR count). The van der Waals surface area contributed by atoms with E-state index in [0.717, 1.165) is 19.6 Å². The Balaban J connectivity index is 2.20. The van der Waals surface area contributed by atoms with Gasteiger partial charge in [-0.3, -0.25) is 0 Å². The number of anilines is 1. The maximum absolute atomic E-state index is 5.72. The molecule has 0 amide bonds. The molecule has 0 aromatic heterocycles. The summed E-state index contributed by atoms with van der Waals surface area (Å²) < 4.78 is 0. The highest BCUT2D eigenvalue weighted by Crippen LogP contribution is 2.23. The number of nitrogens with one attached hydrogen (secondary N) is 1. The van der Waals surface area contributed by atoms with Gasteiger partial charge in [0, 0.05) is 37.9 Å². The predicted molar refractivity (Wildman–Crippen MR) is 69.0 cm³/mol. The number of nitrogens with two attached hydrogens (primary N) is 1. The molecule has 0 bridgehead atoms. The summed E-state index contributed by atoms with van der Waals surface area (Å²) in [5.74, 6) is 0. The molecule has 1 aromatic rings. The number of hydrogen-bond donors (Lipinski definition) is 2. The fourth-order valence-electron chi connectivity index (χ4n) is 2.28. The lowest BCUT2D eigenvalue weighted by molar-refractivity contribution is 0.463. The van der Waals surface area contributed by atoms with Gasteiger partial charge in [0.1, 0.15) is 0 Å².